The average Bonchev–Trinajstić information content (AvgIpc) is 3.28. The van der Waals surface area contributed by atoms with Gasteiger partial charge in [-0.05, 0) is 121 Å². The molecule has 4 aromatic rings. The molecule has 1 aliphatic rings. The van der Waals surface area contributed by atoms with E-state index < -0.39 is 0 Å². The molecule has 0 atom stereocenters. The van der Waals surface area contributed by atoms with E-state index in [1.807, 2.05) is 0 Å². The quantitative estimate of drug-likeness (QED) is 0.183. The van der Waals surface area contributed by atoms with Gasteiger partial charge in [-0.15, -0.1) is 0 Å². The Labute approximate surface area is 263 Å². The molecule has 0 aliphatic heterocycles. The molecule has 0 aromatic heterocycles. The van der Waals surface area contributed by atoms with Gasteiger partial charge in [0.2, 0.25) is 0 Å². The van der Waals surface area contributed by atoms with Crippen LogP contribution in [0, 0.1) is 0 Å². The standard InChI is InChI=1S/C35H38O2.2BrH.Zr/c1-34(2,3)32-20-28-24(18-30(32)22-9-13-26(36-7)14-10-22)17-25-19-31(23-11-15-27(37-8)16-12-23)33(21-29(25)28)35(4,5)6;;;/h9-16,18-21H,17H2,1-8H3;2*1H;/q;;;+2/p-2. The van der Waals surface area contributed by atoms with Crippen molar-refractivity contribution in [3.63, 3.8) is 0 Å². The van der Waals surface area contributed by atoms with Crippen molar-refractivity contribution in [2.45, 2.75) is 58.8 Å². The number of ether oxygens (including phenoxy) is 2. The van der Waals surface area contributed by atoms with Gasteiger partial charge in [0.05, 0.1) is 14.2 Å². The average molecular weight is 742 g/mol. The summed E-state index contributed by atoms with van der Waals surface area (Å²) >= 11 is 6.32. The molecule has 2 nitrogen and oxygen atoms in total. The van der Waals surface area contributed by atoms with Crippen molar-refractivity contribution in [2.75, 3.05) is 14.2 Å². The van der Waals surface area contributed by atoms with E-state index in [4.69, 9.17) is 9.47 Å². The first-order chi connectivity index (χ1) is 18.9. The van der Waals surface area contributed by atoms with Crippen LogP contribution in [0.15, 0.2) is 72.8 Å². The predicted molar refractivity (Wildman–Crippen MR) is 174 cm³/mol. The number of rotatable bonds is 4. The summed E-state index contributed by atoms with van der Waals surface area (Å²) in [6.07, 6.45) is 0.950. The van der Waals surface area contributed by atoms with Crippen LogP contribution < -0.4 is 9.47 Å². The van der Waals surface area contributed by atoms with Crippen molar-refractivity contribution in [1.82, 2.24) is 0 Å². The van der Waals surface area contributed by atoms with E-state index in [2.05, 4.69) is 139 Å². The fourth-order valence-corrected chi connectivity index (χ4v) is 5.55. The van der Waals surface area contributed by atoms with Gasteiger partial charge in [-0.25, -0.2) is 0 Å². The molecule has 0 saturated carbocycles. The van der Waals surface area contributed by atoms with Gasteiger partial charge < -0.3 is 9.47 Å². The Morgan fingerprint density at radius 2 is 0.875 bits per heavy atom. The Morgan fingerprint density at radius 3 is 1.15 bits per heavy atom. The van der Waals surface area contributed by atoms with Crippen molar-refractivity contribution < 1.29 is 28.0 Å². The summed E-state index contributed by atoms with van der Waals surface area (Å²) in [6, 6.07) is 26.7. The number of methoxy groups -OCH3 is 2. The maximum absolute atomic E-state index is 5.41. The van der Waals surface area contributed by atoms with Gasteiger partial charge in [0.25, 0.3) is 0 Å². The van der Waals surface area contributed by atoms with Gasteiger partial charge in [-0.2, -0.15) is 0 Å². The normalized spacial score (nSPS) is 12.2. The second kappa shape index (κ2) is 12.7. The number of hydrogen-bond donors (Lipinski definition) is 0. The zero-order valence-electron chi connectivity index (χ0n) is 24.7. The number of benzene rings is 4. The van der Waals surface area contributed by atoms with E-state index in [0.29, 0.717) is 0 Å². The van der Waals surface area contributed by atoms with Crippen molar-refractivity contribution >= 4 is 24.4 Å². The molecule has 40 heavy (non-hydrogen) atoms. The third kappa shape index (κ3) is 6.69. The van der Waals surface area contributed by atoms with Crippen molar-refractivity contribution in [2.24, 2.45) is 0 Å². The van der Waals surface area contributed by atoms with Crippen LogP contribution in [0.1, 0.15) is 63.8 Å². The Kier molecular flexibility index (Phi) is 9.91. The van der Waals surface area contributed by atoms with Crippen LogP contribution in [0.25, 0.3) is 33.4 Å². The van der Waals surface area contributed by atoms with Gasteiger partial charge in [-0.1, -0.05) is 65.8 Å². The maximum atomic E-state index is 5.41. The zero-order valence-corrected chi connectivity index (χ0v) is 30.3. The molecule has 4 aromatic carbocycles. The number of fused-ring (bicyclic) bond motifs is 3. The topological polar surface area (TPSA) is 18.5 Å². The molecule has 0 unspecified atom stereocenters. The summed E-state index contributed by atoms with van der Waals surface area (Å²) in [5, 5.41) is 0. The third-order valence-corrected chi connectivity index (χ3v) is 7.58. The van der Waals surface area contributed by atoms with Gasteiger partial charge >= 0.3 is 43.0 Å². The first-order valence-corrected chi connectivity index (χ1v) is 24.8. The van der Waals surface area contributed by atoms with Crippen molar-refractivity contribution in [1.29, 1.82) is 0 Å². The minimum atomic E-state index is -0.145. The monoisotopic (exact) mass is 738 g/mol. The van der Waals surface area contributed by atoms with E-state index in [-0.39, 0.29) is 29.4 Å². The van der Waals surface area contributed by atoms with Gasteiger partial charge in [-0.3, -0.25) is 0 Å². The molecular formula is C35H38Br2O2Zr. The zero-order chi connectivity index (χ0) is 29.2. The van der Waals surface area contributed by atoms with E-state index >= 15 is 0 Å². The van der Waals surface area contributed by atoms with E-state index in [0.717, 1.165) is 17.9 Å². The molecule has 0 bridgehead atoms. The fraction of sp³-hybridized carbons (Fsp3) is 0.314. The fourth-order valence-electron chi connectivity index (χ4n) is 5.55. The second-order valence-corrected chi connectivity index (χ2v) is 23.7. The number of halogens is 2. The summed E-state index contributed by atoms with van der Waals surface area (Å²) in [5.41, 5.74) is 13.4. The SMILES string of the molecule is COc1ccc(-c2cc3c(cc2C(C)(C)C)-c2cc(C(C)(C)C)c(-c4ccc(OC)cc4)cc2C3)cc1.[Br][Zr][Br]. The summed E-state index contributed by atoms with van der Waals surface area (Å²) in [6.45, 7) is 13.9. The van der Waals surface area contributed by atoms with Crippen LogP contribution in [-0.2, 0) is 35.8 Å². The summed E-state index contributed by atoms with van der Waals surface area (Å²) in [7, 11) is 3.43. The molecule has 0 amide bonds. The molecule has 5 rings (SSSR count). The predicted octanol–water partition coefficient (Wildman–Crippen LogP) is 10.9. The summed E-state index contributed by atoms with van der Waals surface area (Å²) < 4.78 is 10.8. The van der Waals surface area contributed by atoms with Crippen molar-refractivity contribution in [3.8, 4) is 44.9 Å². The van der Waals surface area contributed by atoms with Crippen LogP contribution in [0.4, 0.5) is 0 Å². The molecule has 0 saturated heterocycles. The molecule has 0 N–H and O–H groups in total. The van der Waals surface area contributed by atoms with Gasteiger partial charge in [0.15, 0.2) is 0 Å². The Morgan fingerprint density at radius 1 is 0.550 bits per heavy atom. The molecule has 0 fully saturated rings. The van der Waals surface area contributed by atoms with E-state index in [9.17, 15) is 0 Å². The molecule has 0 heterocycles. The van der Waals surface area contributed by atoms with Crippen LogP contribution in [0.5, 0.6) is 11.5 Å². The molecule has 0 spiro atoms. The Bertz CT molecular complexity index is 1370. The minimum absolute atomic E-state index is 0.0168. The first-order valence-electron chi connectivity index (χ1n) is 13.5. The molecule has 0 radical (unpaired) electrons. The second-order valence-electron chi connectivity index (χ2n) is 12.3. The number of hydrogen-bond acceptors (Lipinski definition) is 2. The Hall–Kier alpha value is -1.68. The van der Waals surface area contributed by atoms with Crippen molar-refractivity contribution in [3.05, 3.63) is 95.1 Å². The van der Waals surface area contributed by atoms with Crippen LogP contribution >= 0.6 is 24.4 Å². The van der Waals surface area contributed by atoms with E-state index in [1.54, 1.807) is 14.2 Å². The molecule has 208 valence electrons. The van der Waals surface area contributed by atoms with Crippen LogP contribution in [0.2, 0.25) is 0 Å². The Balaban J connectivity index is 0.00000118. The molecule has 5 heteroatoms. The third-order valence-electron chi connectivity index (χ3n) is 7.58. The summed E-state index contributed by atoms with van der Waals surface area (Å²) in [4.78, 5) is 0. The molecule has 1 aliphatic carbocycles. The van der Waals surface area contributed by atoms with Gasteiger partial charge in [0, 0.05) is 0 Å². The summed E-state index contributed by atoms with van der Waals surface area (Å²) in [5.74, 6) is 1.77. The van der Waals surface area contributed by atoms with Crippen LogP contribution in [0.3, 0.4) is 0 Å². The van der Waals surface area contributed by atoms with E-state index in [1.165, 1.54) is 55.6 Å². The first kappa shape index (κ1) is 31.3. The molecular weight excluding hydrogens is 703 g/mol. The van der Waals surface area contributed by atoms with Crippen LogP contribution in [-0.4, -0.2) is 14.2 Å². The van der Waals surface area contributed by atoms with Gasteiger partial charge in [0.1, 0.15) is 11.5 Å².